The van der Waals surface area contributed by atoms with E-state index in [-0.39, 0.29) is 6.10 Å². The summed E-state index contributed by atoms with van der Waals surface area (Å²) in [4.78, 5) is 1.22. The summed E-state index contributed by atoms with van der Waals surface area (Å²) in [6, 6.07) is 11.8. The quantitative estimate of drug-likeness (QED) is 0.854. The van der Waals surface area contributed by atoms with Crippen molar-refractivity contribution in [3.63, 3.8) is 0 Å². The van der Waals surface area contributed by atoms with Crippen molar-refractivity contribution in [2.75, 3.05) is 13.6 Å². The van der Waals surface area contributed by atoms with E-state index < -0.39 is 0 Å². The molecule has 0 aliphatic heterocycles. The molecule has 0 aliphatic rings. The summed E-state index contributed by atoms with van der Waals surface area (Å²) in [5.41, 5.74) is 0. The van der Waals surface area contributed by atoms with E-state index in [4.69, 9.17) is 16.3 Å². The van der Waals surface area contributed by atoms with Crippen molar-refractivity contribution in [1.82, 2.24) is 5.32 Å². The Hall–Kier alpha value is -1.03. The predicted octanol–water partition coefficient (Wildman–Crippen LogP) is 4.38. The minimum atomic E-state index is 0.0207. The third kappa shape index (κ3) is 3.72. The molecule has 0 saturated carbocycles. The highest BCUT2D eigenvalue weighted by Gasteiger charge is 2.22. The highest BCUT2D eigenvalue weighted by molar-refractivity contribution is 7.10. The molecule has 0 bridgehead atoms. The molecular formula is C15H18ClNOS. The molecule has 1 N–H and O–H groups in total. The fraction of sp³-hybridized carbons (Fsp3) is 0.333. The molecule has 2 atom stereocenters. The van der Waals surface area contributed by atoms with Gasteiger partial charge in [-0.25, -0.2) is 0 Å². The van der Waals surface area contributed by atoms with Crippen molar-refractivity contribution in [2.24, 2.45) is 5.92 Å². The maximum absolute atomic E-state index is 6.17. The molecular weight excluding hydrogens is 278 g/mol. The number of hydrogen-bond donors (Lipinski definition) is 1. The molecule has 19 heavy (non-hydrogen) atoms. The van der Waals surface area contributed by atoms with Gasteiger partial charge in [0.25, 0.3) is 0 Å². The Morgan fingerprint density at radius 3 is 2.68 bits per heavy atom. The van der Waals surface area contributed by atoms with Crippen LogP contribution >= 0.6 is 22.9 Å². The Kier molecular flexibility index (Phi) is 5.25. The number of rotatable bonds is 6. The third-order valence-electron chi connectivity index (χ3n) is 2.96. The minimum Gasteiger partial charge on any atom is -0.483 e. The highest BCUT2D eigenvalue weighted by atomic mass is 35.5. The molecule has 1 aromatic heterocycles. The van der Waals surface area contributed by atoms with E-state index in [0.717, 1.165) is 12.3 Å². The summed E-state index contributed by atoms with van der Waals surface area (Å²) >= 11 is 7.89. The highest BCUT2D eigenvalue weighted by Crippen LogP contribution is 2.34. The number of ether oxygens (including phenoxy) is 1. The van der Waals surface area contributed by atoms with Crippen molar-refractivity contribution >= 4 is 22.9 Å². The normalized spacial score (nSPS) is 14.1. The molecule has 0 spiro atoms. The summed E-state index contributed by atoms with van der Waals surface area (Å²) in [7, 11) is 1.96. The molecule has 2 unspecified atom stereocenters. The first-order valence-corrected chi connectivity index (χ1v) is 7.57. The average Bonchev–Trinajstić information content (AvgIpc) is 2.91. The summed E-state index contributed by atoms with van der Waals surface area (Å²) in [6.07, 6.45) is 0.0207. The lowest BCUT2D eigenvalue weighted by Gasteiger charge is -2.24. The molecule has 1 aromatic carbocycles. The van der Waals surface area contributed by atoms with Crippen LogP contribution in [0, 0.1) is 5.92 Å². The van der Waals surface area contributed by atoms with Crippen LogP contribution in [0.2, 0.25) is 5.02 Å². The molecule has 2 rings (SSSR count). The van der Waals surface area contributed by atoms with E-state index in [1.54, 1.807) is 11.3 Å². The van der Waals surface area contributed by atoms with E-state index in [1.807, 2.05) is 31.3 Å². The van der Waals surface area contributed by atoms with Gasteiger partial charge in [-0.05, 0) is 30.6 Å². The maximum Gasteiger partial charge on any atom is 0.138 e. The molecule has 1 heterocycles. The molecule has 0 radical (unpaired) electrons. The fourth-order valence-electron chi connectivity index (χ4n) is 2.01. The zero-order chi connectivity index (χ0) is 13.7. The lowest BCUT2D eigenvalue weighted by atomic mass is 10.0. The molecule has 102 valence electrons. The summed E-state index contributed by atoms with van der Waals surface area (Å²) < 4.78 is 6.14. The number of benzene rings is 1. The first-order valence-electron chi connectivity index (χ1n) is 6.31. The maximum atomic E-state index is 6.17. The van der Waals surface area contributed by atoms with Crippen LogP contribution in [0.15, 0.2) is 41.8 Å². The van der Waals surface area contributed by atoms with Crippen LogP contribution in [0.4, 0.5) is 0 Å². The van der Waals surface area contributed by atoms with Crippen LogP contribution < -0.4 is 10.1 Å². The smallest absolute Gasteiger partial charge is 0.138 e. The second-order valence-electron chi connectivity index (χ2n) is 4.52. The molecule has 0 amide bonds. The largest absolute Gasteiger partial charge is 0.483 e. The summed E-state index contributed by atoms with van der Waals surface area (Å²) in [6.45, 7) is 3.07. The van der Waals surface area contributed by atoms with Crippen LogP contribution in [0.25, 0.3) is 0 Å². The van der Waals surface area contributed by atoms with E-state index in [0.29, 0.717) is 10.9 Å². The van der Waals surface area contributed by atoms with Gasteiger partial charge in [0.15, 0.2) is 0 Å². The monoisotopic (exact) mass is 295 g/mol. The average molecular weight is 296 g/mol. The van der Waals surface area contributed by atoms with Crippen molar-refractivity contribution in [2.45, 2.75) is 13.0 Å². The predicted molar refractivity (Wildman–Crippen MR) is 82.2 cm³/mol. The van der Waals surface area contributed by atoms with E-state index >= 15 is 0 Å². The standard InChI is InChI=1S/C15H18ClNOS/c1-11(10-17-2)15(14-8-5-9-19-14)18-13-7-4-3-6-12(13)16/h3-9,11,15,17H,10H2,1-2H3. The molecule has 0 saturated heterocycles. The number of nitrogens with one attached hydrogen (secondary N) is 1. The van der Waals surface area contributed by atoms with Crippen molar-refractivity contribution in [3.05, 3.63) is 51.7 Å². The van der Waals surface area contributed by atoms with Crippen molar-refractivity contribution < 1.29 is 4.74 Å². The zero-order valence-corrected chi connectivity index (χ0v) is 12.7. The van der Waals surface area contributed by atoms with Gasteiger partial charge in [-0.3, -0.25) is 0 Å². The third-order valence-corrected chi connectivity index (χ3v) is 4.20. The van der Waals surface area contributed by atoms with Gasteiger partial charge in [-0.2, -0.15) is 0 Å². The van der Waals surface area contributed by atoms with E-state index in [9.17, 15) is 0 Å². The molecule has 0 fully saturated rings. The Bertz CT molecular complexity index is 501. The molecule has 2 nitrogen and oxygen atoms in total. The molecule has 2 aromatic rings. The van der Waals surface area contributed by atoms with E-state index in [1.165, 1.54) is 4.88 Å². The van der Waals surface area contributed by atoms with Crippen LogP contribution in [-0.4, -0.2) is 13.6 Å². The lowest BCUT2D eigenvalue weighted by molar-refractivity contribution is 0.147. The van der Waals surface area contributed by atoms with Crippen LogP contribution in [-0.2, 0) is 0 Å². The Labute approximate surface area is 123 Å². The van der Waals surface area contributed by atoms with Gasteiger partial charge >= 0.3 is 0 Å². The van der Waals surface area contributed by atoms with Gasteiger partial charge in [0.1, 0.15) is 11.9 Å². The number of halogens is 1. The minimum absolute atomic E-state index is 0.0207. The topological polar surface area (TPSA) is 21.3 Å². The van der Waals surface area contributed by atoms with E-state index in [2.05, 4.69) is 29.8 Å². The Morgan fingerprint density at radius 1 is 1.26 bits per heavy atom. The van der Waals surface area contributed by atoms with Crippen molar-refractivity contribution in [3.8, 4) is 5.75 Å². The van der Waals surface area contributed by atoms with Gasteiger partial charge in [0.05, 0.1) is 5.02 Å². The van der Waals surface area contributed by atoms with Gasteiger partial charge in [-0.1, -0.05) is 36.7 Å². The van der Waals surface area contributed by atoms with Crippen LogP contribution in [0.3, 0.4) is 0 Å². The molecule has 4 heteroatoms. The number of para-hydroxylation sites is 1. The lowest BCUT2D eigenvalue weighted by Crippen LogP contribution is -2.25. The Balaban J connectivity index is 2.21. The van der Waals surface area contributed by atoms with Gasteiger partial charge in [-0.15, -0.1) is 11.3 Å². The van der Waals surface area contributed by atoms with Crippen LogP contribution in [0.1, 0.15) is 17.9 Å². The second-order valence-corrected chi connectivity index (χ2v) is 5.91. The van der Waals surface area contributed by atoms with Gasteiger partial charge in [0, 0.05) is 17.3 Å². The van der Waals surface area contributed by atoms with Gasteiger partial charge in [0.2, 0.25) is 0 Å². The van der Waals surface area contributed by atoms with Gasteiger partial charge < -0.3 is 10.1 Å². The second kappa shape index (κ2) is 6.94. The SMILES string of the molecule is CNCC(C)C(Oc1ccccc1Cl)c1cccs1. The number of thiophene rings is 1. The zero-order valence-electron chi connectivity index (χ0n) is 11.1. The fourth-order valence-corrected chi connectivity index (χ4v) is 3.08. The van der Waals surface area contributed by atoms with Crippen molar-refractivity contribution in [1.29, 1.82) is 0 Å². The van der Waals surface area contributed by atoms with Crippen LogP contribution in [0.5, 0.6) is 5.75 Å². The summed E-state index contributed by atoms with van der Waals surface area (Å²) in [5, 5.41) is 5.93. The number of hydrogen-bond acceptors (Lipinski definition) is 3. The Morgan fingerprint density at radius 2 is 2.05 bits per heavy atom. The summed E-state index contributed by atoms with van der Waals surface area (Å²) in [5.74, 6) is 1.10. The molecule has 0 aliphatic carbocycles. The first kappa shape index (κ1) is 14.4. The first-order chi connectivity index (χ1) is 9.22.